The molecule has 0 fully saturated rings. The van der Waals surface area contributed by atoms with Gasteiger partial charge in [0, 0.05) is 26.8 Å². The Kier molecular flexibility index (Phi) is 3.88. The standard InChI is InChI=1S/C12H16N4OS/c1-15(2)11(17)8-18-12-9(7-13)16-6-4-3-5-10(16)14-12/h3-6H,7-8,13H2,1-2H3. The smallest absolute Gasteiger partial charge is 0.232 e. The Hall–Kier alpha value is -1.53. The molecular weight excluding hydrogens is 248 g/mol. The van der Waals surface area contributed by atoms with Gasteiger partial charge in [-0.05, 0) is 12.1 Å². The van der Waals surface area contributed by atoms with E-state index < -0.39 is 0 Å². The average molecular weight is 264 g/mol. The predicted molar refractivity (Wildman–Crippen MR) is 72.5 cm³/mol. The van der Waals surface area contributed by atoms with Crippen LogP contribution in [0.1, 0.15) is 5.69 Å². The number of nitrogens with two attached hydrogens (primary N) is 1. The third-order valence-electron chi connectivity index (χ3n) is 2.62. The summed E-state index contributed by atoms with van der Waals surface area (Å²) in [5.74, 6) is 0.448. The van der Waals surface area contributed by atoms with Crippen molar-refractivity contribution in [2.45, 2.75) is 11.6 Å². The predicted octanol–water partition coefficient (Wildman–Crippen LogP) is 0.973. The second-order valence-electron chi connectivity index (χ2n) is 4.07. The van der Waals surface area contributed by atoms with Crippen LogP contribution in [0.5, 0.6) is 0 Å². The van der Waals surface area contributed by atoms with Crippen molar-refractivity contribution in [3.05, 3.63) is 30.1 Å². The van der Waals surface area contributed by atoms with Crippen molar-refractivity contribution in [2.24, 2.45) is 5.73 Å². The summed E-state index contributed by atoms with van der Waals surface area (Å²) in [4.78, 5) is 17.6. The minimum absolute atomic E-state index is 0.0695. The Labute approximate surface area is 110 Å². The van der Waals surface area contributed by atoms with Gasteiger partial charge in [-0.25, -0.2) is 4.98 Å². The lowest BCUT2D eigenvalue weighted by atomic mass is 10.4. The number of imidazole rings is 1. The number of nitrogens with zero attached hydrogens (tertiary/aromatic N) is 3. The van der Waals surface area contributed by atoms with Crippen molar-refractivity contribution in [2.75, 3.05) is 19.8 Å². The summed E-state index contributed by atoms with van der Waals surface area (Å²) in [6.45, 7) is 0.406. The molecule has 6 heteroatoms. The second kappa shape index (κ2) is 5.41. The zero-order valence-electron chi connectivity index (χ0n) is 10.5. The molecular formula is C12H16N4OS. The van der Waals surface area contributed by atoms with Crippen molar-refractivity contribution in [1.29, 1.82) is 0 Å². The number of amides is 1. The quantitative estimate of drug-likeness (QED) is 0.836. The molecule has 0 aliphatic rings. The molecule has 0 spiro atoms. The number of hydrogen-bond acceptors (Lipinski definition) is 4. The zero-order chi connectivity index (χ0) is 13.1. The summed E-state index contributed by atoms with van der Waals surface area (Å²) in [5, 5.41) is 0.832. The van der Waals surface area contributed by atoms with Crippen molar-refractivity contribution < 1.29 is 4.79 Å². The largest absolute Gasteiger partial charge is 0.348 e. The van der Waals surface area contributed by atoms with Gasteiger partial charge in [0.1, 0.15) is 10.7 Å². The normalized spacial score (nSPS) is 10.8. The van der Waals surface area contributed by atoms with E-state index in [0.717, 1.165) is 16.4 Å². The number of hydrogen-bond donors (Lipinski definition) is 1. The minimum atomic E-state index is 0.0695. The number of carbonyl (C=O) groups is 1. The van der Waals surface area contributed by atoms with Gasteiger partial charge in [0.25, 0.3) is 0 Å². The lowest BCUT2D eigenvalue weighted by molar-refractivity contribution is -0.125. The highest BCUT2D eigenvalue weighted by Crippen LogP contribution is 2.23. The van der Waals surface area contributed by atoms with Gasteiger partial charge in [-0.15, -0.1) is 0 Å². The first kappa shape index (κ1) is 12.9. The van der Waals surface area contributed by atoms with E-state index >= 15 is 0 Å². The van der Waals surface area contributed by atoms with E-state index in [1.54, 1.807) is 19.0 Å². The number of aromatic nitrogens is 2. The molecule has 0 saturated carbocycles. The highest BCUT2D eigenvalue weighted by atomic mass is 32.2. The molecule has 0 atom stereocenters. The molecule has 2 rings (SSSR count). The van der Waals surface area contributed by atoms with E-state index in [2.05, 4.69) is 4.98 Å². The third-order valence-corrected chi connectivity index (χ3v) is 3.61. The number of carbonyl (C=O) groups excluding carboxylic acids is 1. The molecule has 96 valence electrons. The maximum absolute atomic E-state index is 11.6. The topological polar surface area (TPSA) is 63.6 Å². The van der Waals surface area contributed by atoms with Crippen LogP contribution in [0, 0.1) is 0 Å². The van der Waals surface area contributed by atoms with Gasteiger partial charge in [0.05, 0.1) is 11.4 Å². The lowest BCUT2D eigenvalue weighted by Gasteiger charge is -2.09. The molecule has 18 heavy (non-hydrogen) atoms. The zero-order valence-corrected chi connectivity index (χ0v) is 11.3. The van der Waals surface area contributed by atoms with Gasteiger partial charge in [-0.1, -0.05) is 17.8 Å². The van der Waals surface area contributed by atoms with E-state index in [1.807, 2.05) is 28.8 Å². The van der Waals surface area contributed by atoms with E-state index in [0.29, 0.717) is 12.3 Å². The molecule has 1 amide bonds. The van der Waals surface area contributed by atoms with Crippen LogP contribution < -0.4 is 5.73 Å². The van der Waals surface area contributed by atoms with E-state index in [1.165, 1.54) is 11.8 Å². The van der Waals surface area contributed by atoms with Crippen molar-refractivity contribution >= 4 is 23.3 Å². The fourth-order valence-corrected chi connectivity index (χ4v) is 2.61. The van der Waals surface area contributed by atoms with E-state index in [4.69, 9.17) is 5.73 Å². The molecule has 2 aromatic rings. The molecule has 0 aliphatic carbocycles. The van der Waals surface area contributed by atoms with E-state index in [9.17, 15) is 4.79 Å². The summed E-state index contributed by atoms with van der Waals surface area (Å²) in [7, 11) is 3.49. The van der Waals surface area contributed by atoms with E-state index in [-0.39, 0.29) is 5.91 Å². The van der Waals surface area contributed by atoms with Gasteiger partial charge < -0.3 is 15.0 Å². The molecule has 2 N–H and O–H groups in total. The molecule has 0 unspecified atom stereocenters. The molecule has 0 aromatic carbocycles. The average Bonchev–Trinajstić information content (AvgIpc) is 2.73. The SMILES string of the molecule is CN(C)C(=O)CSc1nc2ccccn2c1CN. The van der Waals surface area contributed by atoms with Crippen LogP contribution in [-0.4, -0.2) is 40.0 Å². The van der Waals surface area contributed by atoms with Gasteiger partial charge >= 0.3 is 0 Å². The molecule has 0 aliphatic heterocycles. The van der Waals surface area contributed by atoms with Crippen LogP contribution in [-0.2, 0) is 11.3 Å². The molecule has 0 bridgehead atoms. The molecule has 2 aromatic heterocycles. The summed E-state index contributed by atoms with van der Waals surface area (Å²) in [5.41, 5.74) is 7.56. The van der Waals surface area contributed by atoms with Crippen molar-refractivity contribution in [1.82, 2.24) is 14.3 Å². The first-order valence-corrected chi connectivity index (χ1v) is 6.61. The molecule has 0 saturated heterocycles. The van der Waals surface area contributed by atoms with Crippen LogP contribution in [0.4, 0.5) is 0 Å². The van der Waals surface area contributed by atoms with Gasteiger partial charge in [-0.2, -0.15) is 0 Å². The van der Waals surface area contributed by atoms with Crippen LogP contribution in [0.15, 0.2) is 29.4 Å². The Morgan fingerprint density at radius 2 is 2.28 bits per heavy atom. The number of rotatable bonds is 4. The Balaban J connectivity index is 2.25. The fraction of sp³-hybridized carbons (Fsp3) is 0.333. The van der Waals surface area contributed by atoms with Crippen molar-refractivity contribution in [3.8, 4) is 0 Å². The lowest BCUT2D eigenvalue weighted by Crippen LogP contribution is -2.23. The maximum Gasteiger partial charge on any atom is 0.232 e. The number of fused-ring (bicyclic) bond motifs is 1. The van der Waals surface area contributed by atoms with Crippen LogP contribution in [0.3, 0.4) is 0 Å². The van der Waals surface area contributed by atoms with Gasteiger partial charge in [0.2, 0.25) is 5.91 Å². The Bertz CT molecular complexity index is 564. The first-order valence-electron chi connectivity index (χ1n) is 5.62. The van der Waals surface area contributed by atoms with Gasteiger partial charge in [-0.3, -0.25) is 4.79 Å². The van der Waals surface area contributed by atoms with Gasteiger partial charge in [0.15, 0.2) is 0 Å². The van der Waals surface area contributed by atoms with Crippen LogP contribution in [0.2, 0.25) is 0 Å². The molecule has 5 nitrogen and oxygen atoms in total. The molecule has 2 heterocycles. The highest BCUT2D eigenvalue weighted by molar-refractivity contribution is 7.99. The summed E-state index contributed by atoms with van der Waals surface area (Å²) in [6.07, 6.45) is 1.93. The Morgan fingerprint density at radius 3 is 2.94 bits per heavy atom. The minimum Gasteiger partial charge on any atom is -0.348 e. The highest BCUT2D eigenvalue weighted by Gasteiger charge is 2.13. The fourth-order valence-electron chi connectivity index (χ4n) is 1.59. The molecule has 0 radical (unpaired) electrons. The number of pyridine rings is 1. The maximum atomic E-state index is 11.6. The summed E-state index contributed by atoms with van der Waals surface area (Å²) in [6, 6.07) is 5.80. The third kappa shape index (κ3) is 2.49. The first-order chi connectivity index (χ1) is 8.63. The second-order valence-corrected chi connectivity index (χ2v) is 5.04. The summed E-state index contributed by atoms with van der Waals surface area (Å²) >= 11 is 1.43. The van der Waals surface area contributed by atoms with Crippen LogP contribution in [0.25, 0.3) is 5.65 Å². The monoisotopic (exact) mass is 264 g/mol. The van der Waals surface area contributed by atoms with Crippen LogP contribution >= 0.6 is 11.8 Å². The summed E-state index contributed by atoms with van der Waals surface area (Å²) < 4.78 is 1.96. The van der Waals surface area contributed by atoms with Crippen molar-refractivity contribution in [3.63, 3.8) is 0 Å². The number of thioether (sulfide) groups is 1. The Morgan fingerprint density at radius 1 is 1.50 bits per heavy atom.